The van der Waals surface area contributed by atoms with Crippen LogP contribution in [0.15, 0.2) is 65.6 Å². The van der Waals surface area contributed by atoms with Crippen molar-refractivity contribution in [2.45, 2.75) is 36.1 Å². The number of carbonyl (C=O) groups is 1. The lowest BCUT2D eigenvalue weighted by Gasteiger charge is -2.17. The zero-order chi connectivity index (χ0) is 26.2. The molecule has 3 aromatic rings. The summed E-state index contributed by atoms with van der Waals surface area (Å²) in [6.07, 6.45) is 1.49. The average molecular weight is 525 g/mol. The number of anilines is 1. The number of aliphatic hydroxyl groups excluding tert-OH is 2. The Kier molecular flexibility index (Phi) is 6.67. The number of sulfonamides is 1. The minimum absolute atomic E-state index is 0.0182. The van der Waals surface area contributed by atoms with E-state index in [4.69, 9.17) is 9.47 Å². The number of rotatable bonds is 9. The van der Waals surface area contributed by atoms with Gasteiger partial charge >= 0.3 is 0 Å². The van der Waals surface area contributed by atoms with Crippen LogP contribution in [0, 0.1) is 6.92 Å². The van der Waals surface area contributed by atoms with Gasteiger partial charge in [-0.25, -0.2) is 13.1 Å². The molecule has 10 heteroatoms. The zero-order valence-corrected chi connectivity index (χ0v) is 21.0. The summed E-state index contributed by atoms with van der Waals surface area (Å²) in [6, 6.07) is 16.6. The smallest absolute Gasteiger partial charge is 0.240 e. The van der Waals surface area contributed by atoms with Crippen LogP contribution in [-0.2, 0) is 20.2 Å². The van der Waals surface area contributed by atoms with Gasteiger partial charge in [0, 0.05) is 5.69 Å². The number of benzene rings is 3. The first kappa shape index (κ1) is 25.2. The molecule has 1 amide bonds. The van der Waals surface area contributed by atoms with Gasteiger partial charge in [0.25, 0.3) is 0 Å². The lowest BCUT2D eigenvalue weighted by Crippen LogP contribution is -2.39. The van der Waals surface area contributed by atoms with Crippen molar-refractivity contribution < 1.29 is 32.9 Å². The van der Waals surface area contributed by atoms with Gasteiger partial charge in [0.1, 0.15) is 0 Å². The summed E-state index contributed by atoms with van der Waals surface area (Å²) in [5.74, 6) is 1.24. The quantitative estimate of drug-likeness (QED) is 0.338. The van der Waals surface area contributed by atoms with Crippen molar-refractivity contribution in [3.05, 3.63) is 71.8 Å². The predicted octanol–water partition coefficient (Wildman–Crippen LogP) is 2.69. The molecule has 2 aliphatic rings. The number of aryl methyl sites for hydroxylation is 1. The number of hydrogen-bond donors (Lipinski definition) is 4. The molecular weight excluding hydrogens is 496 g/mol. The van der Waals surface area contributed by atoms with Crippen molar-refractivity contribution in [2.24, 2.45) is 0 Å². The van der Waals surface area contributed by atoms with Crippen molar-refractivity contribution in [3.63, 3.8) is 0 Å². The highest BCUT2D eigenvalue weighted by molar-refractivity contribution is 7.89. The highest BCUT2D eigenvalue weighted by Crippen LogP contribution is 2.51. The van der Waals surface area contributed by atoms with Crippen LogP contribution in [-0.4, -0.2) is 50.6 Å². The second-order valence-corrected chi connectivity index (χ2v) is 11.1. The van der Waals surface area contributed by atoms with E-state index in [1.165, 1.54) is 12.1 Å². The molecule has 3 aromatic carbocycles. The summed E-state index contributed by atoms with van der Waals surface area (Å²) in [4.78, 5) is 13.3. The first-order chi connectivity index (χ1) is 17.8. The molecule has 9 nitrogen and oxygen atoms in total. The lowest BCUT2D eigenvalue weighted by molar-refractivity contribution is -0.118. The fraction of sp³-hybridized carbons (Fsp3) is 0.296. The number of fused-ring (bicyclic) bond motifs is 1. The molecule has 0 spiro atoms. The van der Waals surface area contributed by atoms with Crippen LogP contribution < -0.4 is 19.5 Å². The molecule has 194 valence electrons. The maximum atomic E-state index is 13.3. The van der Waals surface area contributed by atoms with E-state index in [0.29, 0.717) is 17.2 Å². The Bertz CT molecular complexity index is 1430. The van der Waals surface area contributed by atoms with Gasteiger partial charge in [-0.2, -0.15) is 0 Å². The van der Waals surface area contributed by atoms with Crippen LogP contribution in [0.2, 0.25) is 0 Å². The van der Waals surface area contributed by atoms with Crippen LogP contribution in [0.1, 0.15) is 24.0 Å². The van der Waals surface area contributed by atoms with E-state index in [2.05, 4.69) is 10.0 Å². The second kappa shape index (κ2) is 9.79. The fourth-order valence-corrected chi connectivity index (χ4v) is 5.68. The molecule has 0 bridgehead atoms. The highest BCUT2D eigenvalue weighted by atomic mass is 32.2. The Balaban J connectivity index is 1.34. The summed E-state index contributed by atoms with van der Waals surface area (Å²) < 4.78 is 38.2. The molecule has 1 aliphatic carbocycles. The minimum atomic E-state index is -3.90. The van der Waals surface area contributed by atoms with Crippen molar-refractivity contribution >= 4 is 21.6 Å². The second-order valence-electron chi connectivity index (χ2n) is 9.34. The van der Waals surface area contributed by atoms with Crippen LogP contribution in [0.25, 0.3) is 11.1 Å². The summed E-state index contributed by atoms with van der Waals surface area (Å²) in [7, 11) is -3.90. The first-order valence-electron chi connectivity index (χ1n) is 11.9. The van der Waals surface area contributed by atoms with E-state index in [9.17, 15) is 23.4 Å². The molecule has 1 heterocycles. The maximum absolute atomic E-state index is 13.3. The van der Waals surface area contributed by atoms with E-state index >= 15 is 0 Å². The van der Waals surface area contributed by atoms with Crippen molar-refractivity contribution in [1.82, 2.24) is 4.72 Å². The van der Waals surface area contributed by atoms with Gasteiger partial charge in [-0.05, 0) is 78.4 Å². The molecular formula is C27H28N2O7S. The van der Waals surface area contributed by atoms with Crippen molar-refractivity contribution in [1.29, 1.82) is 0 Å². The molecule has 0 aromatic heterocycles. The topological polar surface area (TPSA) is 134 Å². The van der Waals surface area contributed by atoms with Crippen LogP contribution in [0.5, 0.6) is 11.5 Å². The summed E-state index contributed by atoms with van der Waals surface area (Å²) in [5, 5.41) is 21.4. The Morgan fingerprint density at radius 1 is 0.973 bits per heavy atom. The first-order valence-corrected chi connectivity index (χ1v) is 13.4. The predicted molar refractivity (Wildman–Crippen MR) is 137 cm³/mol. The van der Waals surface area contributed by atoms with Crippen molar-refractivity contribution in [2.75, 3.05) is 25.3 Å². The average Bonchev–Trinajstić information content (AvgIpc) is 3.59. The van der Waals surface area contributed by atoms with E-state index in [1.54, 1.807) is 12.1 Å². The van der Waals surface area contributed by atoms with Crippen LogP contribution in [0.4, 0.5) is 5.69 Å². The van der Waals surface area contributed by atoms with Gasteiger partial charge in [0.2, 0.25) is 22.7 Å². The standard InChI is InChI=1S/C27H28N2O7S/c1-17-2-6-20(28-26(32)27(10-11-27)19-5-9-24-25(12-19)36-16-35-24)13-23(17)18-3-7-22(8-4-18)37(33,34)29-21(14-30)15-31/h2-9,12-13,21,29-31H,10-11,14-16H2,1H3,(H,28,32). The Hall–Kier alpha value is -3.44. The molecule has 0 saturated heterocycles. The summed E-state index contributed by atoms with van der Waals surface area (Å²) in [5.41, 5.74) is 3.54. The molecule has 4 N–H and O–H groups in total. The largest absolute Gasteiger partial charge is 0.454 e. The third-order valence-corrected chi connectivity index (χ3v) is 8.38. The van der Waals surface area contributed by atoms with Gasteiger partial charge in [0.05, 0.1) is 29.6 Å². The number of ether oxygens (including phenoxy) is 2. The van der Waals surface area contributed by atoms with Gasteiger partial charge in [-0.3, -0.25) is 4.79 Å². The molecule has 0 unspecified atom stereocenters. The highest BCUT2D eigenvalue weighted by Gasteiger charge is 2.51. The van der Waals surface area contributed by atoms with Gasteiger partial charge in [-0.1, -0.05) is 24.3 Å². The number of amides is 1. The van der Waals surface area contributed by atoms with Gasteiger partial charge < -0.3 is 25.0 Å². The maximum Gasteiger partial charge on any atom is 0.240 e. The van der Waals surface area contributed by atoms with Crippen LogP contribution >= 0.6 is 0 Å². The lowest BCUT2D eigenvalue weighted by atomic mass is 9.94. The molecule has 0 atom stereocenters. The van der Waals surface area contributed by atoms with E-state index in [-0.39, 0.29) is 17.6 Å². The summed E-state index contributed by atoms with van der Waals surface area (Å²) in [6.45, 7) is 1.09. The molecule has 0 radical (unpaired) electrons. The molecule has 37 heavy (non-hydrogen) atoms. The van der Waals surface area contributed by atoms with Gasteiger partial charge in [-0.15, -0.1) is 0 Å². The van der Waals surface area contributed by atoms with E-state index in [0.717, 1.165) is 35.1 Å². The van der Waals surface area contributed by atoms with Crippen LogP contribution in [0.3, 0.4) is 0 Å². The van der Waals surface area contributed by atoms with E-state index in [1.807, 2.05) is 43.3 Å². The van der Waals surface area contributed by atoms with E-state index < -0.39 is 34.7 Å². The number of carbonyl (C=O) groups excluding carboxylic acids is 1. The third-order valence-electron chi connectivity index (χ3n) is 6.84. The normalized spacial score (nSPS) is 15.6. The molecule has 5 rings (SSSR count). The molecule has 1 aliphatic heterocycles. The summed E-state index contributed by atoms with van der Waals surface area (Å²) >= 11 is 0. The zero-order valence-electron chi connectivity index (χ0n) is 20.2. The minimum Gasteiger partial charge on any atom is -0.454 e. The Morgan fingerprint density at radius 3 is 2.35 bits per heavy atom. The Labute approximate surface area is 215 Å². The SMILES string of the molecule is Cc1ccc(NC(=O)C2(c3ccc4c(c3)OCO4)CC2)cc1-c1ccc(S(=O)(=O)NC(CO)CO)cc1. The molecule has 1 saturated carbocycles. The van der Waals surface area contributed by atoms with Crippen molar-refractivity contribution in [3.8, 4) is 22.6 Å². The molecule has 1 fully saturated rings. The van der Waals surface area contributed by atoms with Gasteiger partial charge in [0.15, 0.2) is 11.5 Å². The fourth-order valence-electron chi connectivity index (χ4n) is 4.46. The monoisotopic (exact) mass is 524 g/mol. The Morgan fingerprint density at radius 2 is 1.68 bits per heavy atom. The number of hydrogen-bond acceptors (Lipinski definition) is 7. The number of nitrogens with one attached hydrogen (secondary N) is 2. The number of aliphatic hydroxyl groups is 2. The third kappa shape index (κ3) is 4.93.